The number of carbonyl (C=O) groups is 2. The molecule has 8 heteroatoms. The number of sulfone groups is 1. The zero-order valence-corrected chi connectivity index (χ0v) is 18.8. The van der Waals surface area contributed by atoms with Gasteiger partial charge in [-0.3, -0.25) is 0 Å². The molecule has 3 unspecified atom stereocenters. The maximum Gasteiger partial charge on any atom is 0.408 e. The van der Waals surface area contributed by atoms with E-state index in [4.69, 9.17) is 16.3 Å². The number of alkyl carbamates (subject to hydrolysis) is 1. The van der Waals surface area contributed by atoms with Crippen LogP contribution < -0.4 is 5.32 Å². The van der Waals surface area contributed by atoms with Crippen LogP contribution in [0.15, 0.2) is 53.4 Å². The van der Waals surface area contributed by atoms with Crippen molar-refractivity contribution in [3.05, 3.63) is 64.7 Å². The van der Waals surface area contributed by atoms with Crippen LogP contribution in [-0.4, -0.2) is 37.2 Å². The number of hydrogen-bond donors (Lipinski definition) is 1. The lowest BCUT2D eigenvalue weighted by Crippen LogP contribution is -2.45. The van der Waals surface area contributed by atoms with Gasteiger partial charge in [0, 0.05) is 10.9 Å². The number of aryl methyl sites for hydroxylation is 1. The van der Waals surface area contributed by atoms with Gasteiger partial charge in [0.2, 0.25) is 0 Å². The third kappa shape index (κ3) is 4.23. The van der Waals surface area contributed by atoms with E-state index in [-0.39, 0.29) is 4.90 Å². The Morgan fingerprint density at radius 2 is 1.80 bits per heavy atom. The van der Waals surface area contributed by atoms with Gasteiger partial charge in [0.05, 0.1) is 4.90 Å². The Morgan fingerprint density at radius 1 is 1.17 bits per heavy atom. The van der Waals surface area contributed by atoms with Crippen molar-refractivity contribution in [3.63, 3.8) is 0 Å². The molecular weight excluding hydrogens is 426 g/mol. The number of ether oxygens (including phenoxy) is 1. The van der Waals surface area contributed by atoms with E-state index in [1.54, 1.807) is 57.2 Å². The average Bonchev–Trinajstić information content (AvgIpc) is 3.30. The van der Waals surface area contributed by atoms with Crippen LogP contribution in [0.4, 0.5) is 4.79 Å². The zero-order valence-electron chi connectivity index (χ0n) is 17.2. The molecule has 3 atom stereocenters. The molecule has 6 nitrogen and oxygen atoms in total. The minimum absolute atomic E-state index is 0.0832. The van der Waals surface area contributed by atoms with Gasteiger partial charge in [-0.05, 0) is 57.5 Å². The zero-order chi connectivity index (χ0) is 22.3. The van der Waals surface area contributed by atoms with E-state index >= 15 is 0 Å². The van der Waals surface area contributed by atoms with Crippen LogP contribution >= 0.6 is 11.6 Å². The molecule has 0 spiro atoms. The summed E-state index contributed by atoms with van der Waals surface area (Å²) in [4.78, 5) is 24.8. The Kier molecular flexibility index (Phi) is 5.73. The van der Waals surface area contributed by atoms with Gasteiger partial charge in [-0.25, -0.2) is 13.2 Å². The van der Waals surface area contributed by atoms with E-state index in [9.17, 15) is 18.0 Å². The second-order valence-corrected chi connectivity index (χ2v) is 11.0. The van der Waals surface area contributed by atoms with Gasteiger partial charge in [0.1, 0.15) is 22.7 Å². The summed E-state index contributed by atoms with van der Waals surface area (Å²) >= 11 is 6.09. The van der Waals surface area contributed by atoms with Crippen LogP contribution in [0.3, 0.4) is 0 Å². The summed E-state index contributed by atoms with van der Waals surface area (Å²) < 4.78 is 32.1. The summed E-state index contributed by atoms with van der Waals surface area (Å²) in [7, 11) is -3.95. The number of carbonyl (C=O) groups excluding carboxylic acids is 2. The maximum absolute atomic E-state index is 13.4. The second kappa shape index (κ2) is 7.71. The van der Waals surface area contributed by atoms with Crippen LogP contribution in [0.2, 0.25) is 5.02 Å². The topological polar surface area (TPSA) is 89.5 Å². The van der Waals surface area contributed by atoms with Crippen LogP contribution in [-0.2, 0) is 19.4 Å². The first-order valence-electron chi connectivity index (χ1n) is 9.44. The monoisotopic (exact) mass is 449 g/mol. The summed E-state index contributed by atoms with van der Waals surface area (Å²) in [5.41, 5.74) is -1.01. The minimum atomic E-state index is -3.95. The van der Waals surface area contributed by atoms with Gasteiger partial charge in [0.25, 0.3) is 0 Å². The van der Waals surface area contributed by atoms with Gasteiger partial charge >= 0.3 is 6.09 Å². The first-order chi connectivity index (χ1) is 13.9. The van der Waals surface area contributed by atoms with Crippen LogP contribution in [0.5, 0.6) is 0 Å². The van der Waals surface area contributed by atoms with Crippen molar-refractivity contribution in [2.24, 2.45) is 0 Å². The van der Waals surface area contributed by atoms with E-state index in [1.165, 1.54) is 12.1 Å². The second-order valence-electron chi connectivity index (χ2n) is 8.49. The van der Waals surface area contributed by atoms with Crippen molar-refractivity contribution >= 4 is 33.8 Å². The fraction of sp³-hybridized carbons (Fsp3) is 0.364. The predicted octanol–water partition coefficient (Wildman–Crippen LogP) is 4.05. The number of rotatable bonds is 5. The highest BCUT2D eigenvalue weighted by molar-refractivity contribution is 7.92. The third-order valence-corrected chi connectivity index (χ3v) is 7.48. The Morgan fingerprint density at radius 3 is 2.33 bits per heavy atom. The summed E-state index contributed by atoms with van der Waals surface area (Å²) in [5, 5.41) is 1.75. The summed E-state index contributed by atoms with van der Waals surface area (Å²) in [5.74, 6) is -0.799. The number of nitrogens with one attached hydrogen (secondary N) is 1. The molecule has 1 aliphatic carbocycles. The van der Waals surface area contributed by atoms with Crippen molar-refractivity contribution < 1.29 is 22.7 Å². The third-order valence-electron chi connectivity index (χ3n) is 4.98. The van der Waals surface area contributed by atoms with Crippen LogP contribution in [0, 0.1) is 6.92 Å². The lowest BCUT2D eigenvalue weighted by Gasteiger charge is -2.22. The van der Waals surface area contributed by atoms with Crippen molar-refractivity contribution in [1.82, 2.24) is 5.32 Å². The molecule has 1 N–H and O–H groups in total. The Balaban J connectivity index is 2.06. The van der Waals surface area contributed by atoms with E-state index in [2.05, 4.69) is 5.32 Å². The van der Waals surface area contributed by atoms with E-state index in [0.29, 0.717) is 16.9 Å². The van der Waals surface area contributed by atoms with Crippen molar-refractivity contribution in [2.45, 2.75) is 54.9 Å². The fourth-order valence-electron chi connectivity index (χ4n) is 3.63. The molecule has 1 saturated carbocycles. The van der Waals surface area contributed by atoms with Gasteiger partial charge < -0.3 is 14.8 Å². The van der Waals surface area contributed by atoms with Gasteiger partial charge in [-0.15, -0.1) is 0 Å². The Labute approximate surface area is 181 Å². The molecule has 0 saturated heterocycles. The van der Waals surface area contributed by atoms with Gasteiger partial charge in [-0.2, -0.15) is 0 Å². The highest BCUT2D eigenvalue weighted by atomic mass is 35.5. The summed E-state index contributed by atoms with van der Waals surface area (Å²) in [6.07, 6.45) is -0.373. The van der Waals surface area contributed by atoms with Crippen LogP contribution in [0.1, 0.15) is 37.8 Å². The van der Waals surface area contributed by atoms with Crippen LogP contribution in [0.25, 0.3) is 0 Å². The molecule has 0 heterocycles. The molecule has 0 aromatic heterocycles. The first kappa shape index (κ1) is 22.3. The molecule has 0 aliphatic heterocycles. The van der Waals surface area contributed by atoms with Crippen molar-refractivity contribution in [3.8, 4) is 0 Å². The number of aldehydes is 1. The Bertz CT molecular complexity index is 1080. The van der Waals surface area contributed by atoms with E-state index in [0.717, 1.165) is 5.56 Å². The standard InChI is InChI=1S/C22H24ClNO5S/c1-14-8-10-17(11-9-14)30(27,28)19-18(15-6-5-7-16(23)12-15)22(19,13-25)24-20(26)29-21(2,3)4/h5-13,18-19H,1-4H3,(H,24,26). The molecule has 2 aromatic carbocycles. The molecule has 1 fully saturated rings. The summed E-state index contributed by atoms with van der Waals surface area (Å²) in [6.45, 7) is 6.90. The first-order valence-corrected chi connectivity index (χ1v) is 11.4. The Hall–Kier alpha value is -2.38. The maximum atomic E-state index is 13.4. The lowest BCUT2D eigenvalue weighted by atomic mass is 10.1. The molecule has 0 radical (unpaired) electrons. The van der Waals surface area contributed by atoms with Crippen molar-refractivity contribution in [2.75, 3.05) is 0 Å². The van der Waals surface area contributed by atoms with Gasteiger partial charge in [-0.1, -0.05) is 41.4 Å². The molecule has 30 heavy (non-hydrogen) atoms. The number of halogens is 1. The lowest BCUT2D eigenvalue weighted by molar-refractivity contribution is -0.110. The molecule has 1 aliphatic rings. The quantitative estimate of drug-likeness (QED) is 0.695. The highest BCUT2D eigenvalue weighted by Gasteiger charge is 2.73. The number of benzene rings is 2. The van der Waals surface area contributed by atoms with E-state index < -0.39 is 38.2 Å². The SMILES string of the molecule is Cc1ccc(S(=O)(=O)C2C(c3cccc(Cl)c3)C2(C=O)NC(=O)OC(C)(C)C)cc1. The molecule has 0 bridgehead atoms. The molecule has 2 aromatic rings. The molecule has 3 rings (SSSR count). The molecular formula is C22H24ClNO5S. The smallest absolute Gasteiger partial charge is 0.408 e. The average molecular weight is 450 g/mol. The van der Waals surface area contributed by atoms with Crippen molar-refractivity contribution in [1.29, 1.82) is 0 Å². The normalized spacial score (nSPS) is 23.5. The predicted molar refractivity (Wildman–Crippen MR) is 115 cm³/mol. The highest BCUT2D eigenvalue weighted by Crippen LogP contribution is 2.56. The molecule has 1 amide bonds. The fourth-order valence-corrected chi connectivity index (χ4v) is 6.08. The summed E-state index contributed by atoms with van der Waals surface area (Å²) in [6, 6.07) is 13.0. The molecule has 160 valence electrons. The largest absolute Gasteiger partial charge is 0.444 e. The minimum Gasteiger partial charge on any atom is -0.444 e. The number of hydrogen-bond acceptors (Lipinski definition) is 5. The number of amides is 1. The van der Waals surface area contributed by atoms with E-state index in [1.807, 2.05) is 6.92 Å². The van der Waals surface area contributed by atoms with Gasteiger partial charge in [0.15, 0.2) is 9.84 Å².